The van der Waals surface area contributed by atoms with E-state index < -0.39 is 28.5 Å². The standard InChI is InChI=1S/C32H41N3O5S/c1-8-25(5)33-32(37)26(6)34(20-27-12-14-28(40-7)15-13-27)31(36)21-35(30-18-11-23(3)19-24(30)4)41(38,39)29-16-9-22(2)10-17-29/h9-19,25-26H,8,20-21H2,1-7H3,(H,33,37)/t25-,26-/m0/s1. The maximum absolute atomic E-state index is 14.1. The Morgan fingerprint density at radius 2 is 1.51 bits per heavy atom. The number of benzene rings is 3. The number of hydrogen-bond acceptors (Lipinski definition) is 5. The topological polar surface area (TPSA) is 96.0 Å². The van der Waals surface area contributed by atoms with Crippen molar-refractivity contribution in [3.8, 4) is 5.75 Å². The predicted molar refractivity (Wildman–Crippen MR) is 163 cm³/mol. The van der Waals surface area contributed by atoms with Gasteiger partial charge >= 0.3 is 0 Å². The van der Waals surface area contributed by atoms with Gasteiger partial charge in [0.1, 0.15) is 18.3 Å². The van der Waals surface area contributed by atoms with E-state index in [1.807, 2.05) is 58.9 Å². The maximum Gasteiger partial charge on any atom is 0.264 e. The van der Waals surface area contributed by atoms with E-state index in [-0.39, 0.29) is 23.4 Å². The molecular formula is C32H41N3O5S. The lowest BCUT2D eigenvalue weighted by molar-refractivity contribution is -0.139. The SMILES string of the molecule is CC[C@H](C)NC(=O)[C@H](C)N(Cc1ccc(OC)cc1)C(=O)CN(c1ccc(C)cc1C)S(=O)(=O)c1ccc(C)cc1. The summed E-state index contributed by atoms with van der Waals surface area (Å²) in [5.74, 6) is -0.136. The van der Waals surface area contributed by atoms with Crippen LogP contribution in [0.3, 0.4) is 0 Å². The van der Waals surface area contributed by atoms with Gasteiger partial charge in [0.25, 0.3) is 10.0 Å². The number of ether oxygens (including phenoxy) is 1. The Morgan fingerprint density at radius 1 is 0.902 bits per heavy atom. The lowest BCUT2D eigenvalue weighted by atomic mass is 10.1. The summed E-state index contributed by atoms with van der Waals surface area (Å²) in [7, 11) is -2.55. The van der Waals surface area contributed by atoms with Crippen LogP contribution < -0.4 is 14.4 Å². The molecule has 2 atom stereocenters. The number of nitrogens with zero attached hydrogens (tertiary/aromatic N) is 2. The molecule has 9 heteroatoms. The third kappa shape index (κ3) is 7.88. The molecule has 3 aromatic carbocycles. The molecule has 0 spiro atoms. The van der Waals surface area contributed by atoms with Crippen LogP contribution in [0.4, 0.5) is 5.69 Å². The highest BCUT2D eigenvalue weighted by Crippen LogP contribution is 2.28. The number of methoxy groups -OCH3 is 1. The first kappa shape index (κ1) is 31.7. The van der Waals surface area contributed by atoms with E-state index in [0.717, 1.165) is 33.0 Å². The summed E-state index contributed by atoms with van der Waals surface area (Å²) in [5.41, 5.74) is 3.80. The van der Waals surface area contributed by atoms with Gasteiger partial charge in [0.2, 0.25) is 11.8 Å². The molecule has 0 saturated heterocycles. The van der Waals surface area contributed by atoms with Crippen LogP contribution in [-0.2, 0) is 26.2 Å². The van der Waals surface area contributed by atoms with Crippen molar-refractivity contribution in [3.05, 3.63) is 89.0 Å². The molecule has 0 aliphatic rings. The zero-order valence-corrected chi connectivity index (χ0v) is 25.8. The maximum atomic E-state index is 14.1. The van der Waals surface area contributed by atoms with Gasteiger partial charge in [0.15, 0.2) is 0 Å². The molecule has 1 N–H and O–H groups in total. The van der Waals surface area contributed by atoms with Crippen molar-refractivity contribution in [2.75, 3.05) is 18.0 Å². The minimum atomic E-state index is -4.12. The van der Waals surface area contributed by atoms with Crippen LogP contribution in [0.25, 0.3) is 0 Å². The number of nitrogens with one attached hydrogen (secondary N) is 1. The predicted octanol–water partition coefficient (Wildman–Crippen LogP) is 5.15. The highest BCUT2D eigenvalue weighted by atomic mass is 32.2. The molecular weight excluding hydrogens is 538 g/mol. The van der Waals surface area contributed by atoms with Crippen molar-refractivity contribution in [3.63, 3.8) is 0 Å². The number of carbonyl (C=O) groups excluding carboxylic acids is 2. The van der Waals surface area contributed by atoms with Crippen LogP contribution in [0.15, 0.2) is 71.6 Å². The summed E-state index contributed by atoms with van der Waals surface area (Å²) >= 11 is 0. The van der Waals surface area contributed by atoms with E-state index in [1.165, 1.54) is 4.90 Å². The molecule has 3 aromatic rings. The summed E-state index contributed by atoms with van der Waals surface area (Å²) in [4.78, 5) is 28.8. The minimum Gasteiger partial charge on any atom is -0.497 e. The summed E-state index contributed by atoms with van der Waals surface area (Å²) < 4.78 is 34.4. The first-order chi connectivity index (χ1) is 19.4. The van der Waals surface area contributed by atoms with E-state index in [2.05, 4.69) is 5.32 Å². The Labute approximate surface area is 244 Å². The van der Waals surface area contributed by atoms with Crippen molar-refractivity contribution in [1.82, 2.24) is 10.2 Å². The Balaban J connectivity index is 2.05. The zero-order valence-electron chi connectivity index (χ0n) is 25.0. The van der Waals surface area contributed by atoms with Gasteiger partial charge in [-0.1, -0.05) is 54.4 Å². The van der Waals surface area contributed by atoms with Gasteiger partial charge in [-0.25, -0.2) is 8.42 Å². The number of amides is 2. The molecule has 0 radical (unpaired) electrons. The fourth-order valence-electron chi connectivity index (χ4n) is 4.41. The van der Waals surface area contributed by atoms with Crippen molar-refractivity contribution < 1.29 is 22.7 Å². The van der Waals surface area contributed by atoms with Crippen LogP contribution in [0.5, 0.6) is 5.75 Å². The summed E-state index contributed by atoms with van der Waals surface area (Å²) in [6.07, 6.45) is 0.736. The number of rotatable bonds is 12. The van der Waals surface area contributed by atoms with Crippen molar-refractivity contribution >= 4 is 27.5 Å². The van der Waals surface area contributed by atoms with E-state index in [9.17, 15) is 18.0 Å². The molecule has 0 saturated carbocycles. The van der Waals surface area contributed by atoms with Gasteiger partial charge in [-0.15, -0.1) is 0 Å². The molecule has 41 heavy (non-hydrogen) atoms. The van der Waals surface area contributed by atoms with E-state index in [1.54, 1.807) is 56.5 Å². The molecule has 8 nitrogen and oxygen atoms in total. The van der Waals surface area contributed by atoms with Crippen LogP contribution in [0, 0.1) is 20.8 Å². The average Bonchev–Trinajstić information content (AvgIpc) is 2.94. The molecule has 0 aliphatic heterocycles. The number of sulfonamides is 1. The molecule has 2 amide bonds. The molecule has 0 unspecified atom stereocenters. The Hall–Kier alpha value is -3.85. The smallest absolute Gasteiger partial charge is 0.264 e. The molecule has 0 heterocycles. The minimum absolute atomic E-state index is 0.0727. The van der Waals surface area contributed by atoms with Gasteiger partial charge in [0.05, 0.1) is 17.7 Å². The Bertz CT molecular complexity index is 1450. The average molecular weight is 580 g/mol. The first-order valence-electron chi connectivity index (χ1n) is 13.8. The lowest BCUT2D eigenvalue weighted by Crippen LogP contribution is -2.52. The van der Waals surface area contributed by atoms with Gasteiger partial charge in [0, 0.05) is 12.6 Å². The van der Waals surface area contributed by atoms with Gasteiger partial charge in [-0.05, 0) is 82.5 Å². The highest BCUT2D eigenvalue weighted by Gasteiger charge is 2.33. The molecule has 220 valence electrons. The first-order valence-corrected chi connectivity index (χ1v) is 15.2. The Kier molecular flexibility index (Phi) is 10.6. The second-order valence-corrected chi connectivity index (χ2v) is 12.3. The fraction of sp³-hybridized carbons (Fsp3) is 0.375. The third-order valence-corrected chi connectivity index (χ3v) is 8.96. The molecule has 0 aliphatic carbocycles. The van der Waals surface area contributed by atoms with Gasteiger partial charge in [-0.2, -0.15) is 0 Å². The summed E-state index contributed by atoms with van der Waals surface area (Å²) in [6, 6.07) is 18.3. The quantitative estimate of drug-likeness (QED) is 0.320. The van der Waals surface area contributed by atoms with Crippen LogP contribution in [0.2, 0.25) is 0 Å². The molecule has 0 bridgehead atoms. The largest absolute Gasteiger partial charge is 0.497 e. The lowest BCUT2D eigenvalue weighted by Gasteiger charge is -2.33. The van der Waals surface area contributed by atoms with Crippen LogP contribution in [0.1, 0.15) is 49.4 Å². The Morgan fingerprint density at radius 3 is 2.07 bits per heavy atom. The number of hydrogen-bond donors (Lipinski definition) is 1. The summed E-state index contributed by atoms with van der Waals surface area (Å²) in [5, 5.41) is 2.95. The molecule has 0 aromatic heterocycles. The van der Waals surface area contributed by atoms with Crippen molar-refractivity contribution in [2.45, 2.75) is 71.5 Å². The highest BCUT2D eigenvalue weighted by molar-refractivity contribution is 7.92. The summed E-state index contributed by atoms with van der Waals surface area (Å²) in [6.45, 7) is 10.8. The second kappa shape index (κ2) is 13.7. The second-order valence-electron chi connectivity index (χ2n) is 10.5. The molecule has 0 fully saturated rings. The van der Waals surface area contributed by atoms with E-state index in [4.69, 9.17) is 4.74 Å². The molecule has 3 rings (SSSR count). The van der Waals surface area contributed by atoms with Crippen molar-refractivity contribution in [1.29, 1.82) is 0 Å². The number of anilines is 1. The normalized spacial score (nSPS) is 12.8. The number of carbonyl (C=O) groups is 2. The monoisotopic (exact) mass is 579 g/mol. The van der Waals surface area contributed by atoms with E-state index in [0.29, 0.717) is 11.4 Å². The van der Waals surface area contributed by atoms with Crippen molar-refractivity contribution in [2.24, 2.45) is 0 Å². The van der Waals surface area contributed by atoms with Crippen LogP contribution >= 0.6 is 0 Å². The van der Waals surface area contributed by atoms with Gasteiger partial charge < -0.3 is 15.0 Å². The number of aryl methyl sites for hydroxylation is 3. The van der Waals surface area contributed by atoms with Crippen LogP contribution in [-0.4, -0.2) is 50.9 Å². The third-order valence-electron chi connectivity index (χ3n) is 7.19. The zero-order chi connectivity index (χ0) is 30.3. The van der Waals surface area contributed by atoms with E-state index >= 15 is 0 Å². The van der Waals surface area contributed by atoms with Gasteiger partial charge in [-0.3, -0.25) is 13.9 Å². The fourth-order valence-corrected chi connectivity index (χ4v) is 5.89.